The Labute approximate surface area is 334 Å². The summed E-state index contributed by atoms with van der Waals surface area (Å²) in [6.07, 6.45) is -0.709. The molecular weight excluding hydrogens is 697 g/mol. The molecule has 4 rings (SSSR count). The molecule has 0 saturated carbocycles. The van der Waals surface area contributed by atoms with Crippen LogP contribution in [-0.4, -0.2) is 23.6 Å². The quantitative estimate of drug-likeness (QED) is 0.122. The van der Waals surface area contributed by atoms with Crippen LogP contribution >= 0.6 is 0 Å². The van der Waals surface area contributed by atoms with Gasteiger partial charge < -0.3 is 21.3 Å². The SMILES string of the molecule is CC(C)(C)c1ccccc1NC(=O)CC(C(=O)Nc1ccccc1C(C)(C)C)C(CC(=O)Nc1ccccc1C(C)(C)C)C(=O)Nc1ccccc1C(C)(C)C. The summed E-state index contributed by atoms with van der Waals surface area (Å²) in [4.78, 5) is 57.8. The van der Waals surface area contributed by atoms with E-state index in [4.69, 9.17) is 0 Å². The van der Waals surface area contributed by atoms with Gasteiger partial charge in [-0.1, -0.05) is 156 Å². The molecule has 0 saturated heterocycles. The van der Waals surface area contributed by atoms with Gasteiger partial charge in [-0.15, -0.1) is 0 Å². The van der Waals surface area contributed by atoms with E-state index in [0.29, 0.717) is 22.7 Å². The smallest absolute Gasteiger partial charge is 0.228 e. The number of anilines is 4. The van der Waals surface area contributed by atoms with Crippen LogP contribution in [0.25, 0.3) is 0 Å². The van der Waals surface area contributed by atoms with Gasteiger partial charge in [0, 0.05) is 35.6 Å². The Morgan fingerprint density at radius 1 is 0.375 bits per heavy atom. The molecule has 0 fully saturated rings. The average Bonchev–Trinajstić information content (AvgIpc) is 3.08. The summed E-state index contributed by atoms with van der Waals surface area (Å²) < 4.78 is 0. The van der Waals surface area contributed by atoms with Gasteiger partial charge in [0.2, 0.25) is 23.6 Å². The minimum absolute atomic E-state index is 0.276. The lowest BCUT2D eigenvalue weighted by atomic mass is 9.82. The van der Waals surface area contributed by atoms with Gasteiger partial charge in [0.05, 0.1) is 11.8 Å². The van der Waals surface area contributed by atoms with Crippen molar-refractivity contribution >= 4 is 46.4 Å². The Morgan fingerprint density at radius 3 is 0.821 bits per heavy atom. The molecule has 4 aromatic carbocycles. The first-order valence-electron chi connectivity index (χ1n) is 19.6. The molecule has 4 N–H and O–H groups in total. The molecule has 2 unspecified atom stereocenters. The molecule has 0 aliphatic carbocycles. The fraction of sp³-hybridized carbons (Fsp3) is 0.417. The zero-order valence-corrected chi connectivity index (χ0v) is 35.4. The number of carbonyl (C=O) groups excluding carboxylic acids is 4. The van der Waals surface area contributed by atoms with E-state index in [1.807, 2.05) is 97.1 Å². The maximum absolute atomic E-state index is 14.8. The van der Waals surface area contributed by atoms with Crippen LogP contribution in [0.1, 0.15) is 118 Å². The number of para-hydroxylation sites is 4. The van der Waals surface area contributed by atoms with Crippen LogP contribution < -0.4 is 21.3 Å². The maximum Gasteiger partial charge on any atom is 0.228 e. The van der Waals surface area contributed by atoms with E-state index < -0.39 is 35.5 Å². The van der Waals surface area contributed by atoms with Crippen molar-refractivity contribution < 1.29 is 19.2 Å². The van der Waals surface area contributed by atoms with E-state index in [2.05, 4.69) is 104 Å². The topological polar surface area (TPSA) is 116 Å². The van der Waals surface area contributed by atoms with Crippen LogP contribution in [-0.2, 0) is 40.8 Å². The third kappa shape index (κ3) is 11.4. The molecule has 0 bridgehead atoms. The summed E-state index contributed by atoms with van der Waals surface area (Å²) in [5.74, 6) is -4.44. The number of hydrogen-bond donors (Lipinski definition) is 4. The second-order valence-corrected chi connectivity index (χ2v) is 18.9. The van der Waals surface area contributed by atoms with Gasteiger partial charge in [-0.05, 0) is 68.2 Å². The standard InChI is InChI=1S/C48H62N4O4/c1-45(2,3)33-21-13-17-25-37(33)49-41(53)29-31(43(55)51-39-27-19-15-23-35(39)47(7,8)9)32(44(56)52-40-28-20-16-24-36(40)48(10,11)12)30-42(54)50-38-26-18-14-22-34(38)46(4,5)6/h13-28,31-32H,29-30H2,1-12H3,(H,49,53)(H,50,54)(H,51,55)(H,52,56). The first-order chi connectivity index (χ1) is 26.0. The molecular formula is C48H62N4O4. The molecule has 298 valence electrons. The molecule has 8 heteroatoms. The molecule has 4 amide bonds. The highest BCUT2D eigenvalue weighted by atomic mass is 16.2. The van der Waals surface area contributed by atoms with Gasteiger partial charge in [0.1, 0.15) is 0 Å². The van der Waals surface area contributed by atoms with Crippen LogP contribution in [0.3, 0.4) is 0 Å². The lowest BCUT2D eigenvalue weighted by Gasteiger charge is -2.29. The highest BCUT2D eigenvalue weighted by Crippen LogP contribution is 2.35. The minimum Gasteiger partial charge on any atom is -0.326 e. The molecule has 0 spiro atoms. The first kappa shape index (κ1) is 43.5. The zero-order valence-electron chi connectivity index (χ0n) is 35.4. The molecule has 0 aliphatic rings. The van der Waals surface area contributed by atoms with Gasteiger partial charge in [0.25, 0.3) is 0 Å². The van der Waals surface area contributed by atoms with Gasteiger partial charge in [-0.2, -0.15) is 0 Å². The van der Waals surface area contributed by atoms with Crippen molar-refractivity contribution in [3.8, 4) is 0 Å². The summed E-state index contributed by atoms with van der Waals surface area (Å²) >= 11 is 0. The number of amides is 4. The number of rotatable bonds is 11. The van der Waals surface area contributed by atoms with Crippen molar-refractivity contribution in [3.63, 3.8) is 0 Å². The van der Waals surface area contributed by atoms with Crippen LogP contribution in [0.5, 0.6) is 0 Å². The molecule has 4 aromatic rings. The molecule has 8 nitrogen and oxygen atoms in total. The summed E-state index contributed by atoms with van der Waals surface area (Å²) in [5, 5.41) is 12.2. The van der Waals surface area contributed by atoms with Crippen molar-refractivity contribution in [1.82, 2.24) is 0 Å². The maximum atomic E-state index is 14.8. The van der Waals surface area contributed by atoms with E-state index in [0.717, 1.165) is 22.3 Å². The van der Waals surface area contributed by atoms with E-state index in [9.17, 15) is 19.2 Å². The number of nitrogens with one attached hydrogen (secondary N) is 4. The van der Waals surface area contributed by atoms with Crippen molar-refractivity contribution in [1.29, 1.82) is 0 Å². The van der Waals surface area contributed by atoms with Crippen LogP contribution in [0, 0.1) is 11.8 Å². The predicted molar refractivity (Wildman–Crippen MR) is 231 cm³/mol. The van der Waals surface area contributed by atoms with Gasteiger partial charge in [-0.25, -0.2) is 0 Å². The van der Waals surface area contributed by atoms with Crippen molar-refractivity contribution in [3.05, 3.63) is 119 Å². The summed E-state index contributed by atoms with van der Waals surface area (Å²) in [7, 11) is 0. The highest BCUT2D eigenvalue weighted by Gasteiger charge is 2.39. The second kappa shape index (κ2) is 17.3. The Bertz CT molecular complexity index is 1890. The summed E-state index contributed by atoms with van der Waals surface area (Å²) in [5.41, 5.74) is 4.86. The normalized spacial score (nSPS) is 13.3. The fourth-order valence-electron chi connectivity index (χ4n) is 7.07. The first-order valence-corrected chi connectivity index (χ1v) is 19.6. The minimum atomic E-state index is -1.24. The summed E-state index contributed by atoms with van der Waals surface area (Å²) in [6.45, 7) is 24.7. The Hall–Kier alpha value is -5.24. The van der Waals surface area contributed by atoms with Crippen LogP contribution in [0.2, 0.25) is 0 Å². The molecule has 2 atom stereocenters. The highest BCUT2D eigenvalue weighted by molar-refractivity contribution is 6.05. The lowest BCUT2D eigenvalue weighted by molar-refractivity contribution is -0.134. The molecule has 0 radical (unpaired) electrons. The van der Waals surface area contributed by atoms with Crippen molar-refractivity contribution in [2.75, 3.05) is 21.3 Å². The van der Waals surface area contributed by atoms with Gasteiger partial charge >= 0.3 is 0 Å². The largest absolute Gasteiger partial charge is 0.326 e. The third-order valence-electron chi connectivity index (χ3n) is 9.97. The van der Waals surface area contributed by atoms with E-state index in [1.165, 1.54) is 0 Å². The van der Waals surface area contributed by atoms with E-state index in [-0.39, 0.29) is 34.5 Å². The van der Waals surface area contributed by atoms with E-state index >= 15 is 0 Å². The van der Waals surface area contributed by atoms with Crippen molar-refractivity contribution in [2.45, 2.75) is 118 Å². The third-order valence-corrected chi connectivity index (χ3v) is 9.97. The second-order valence-electron chi connectivity index (χ2n) is 18.9. The van der Waals surface area contributed by atoms with Crippen LogP contribution in [0.15, 0.2) is 97.1 Å². The molecule has 0 aromatic heterocycles. The van der Waals surface area contributed by atoms with Gasteiger partial charge in [0.15, 0.2) is 0 Å². The van der Waals surface area contributed by atoms with Crippen molar-refractivity contribution in [2.24, 2.45) is 11.8 Å². The Morgan fingerprint density at radius 2 is 0.589 bits per heavy atom. The summed E-state index contributed by atoms with van der Waals surface area (Å²) in [6, 6.07) is 30.2. The van der Waals surface area contributed by atoms with E-state index in [1.54, 1.807) is 0 Å². The number of carbonyl (C=O) groups is 4. The zero-order chi connectivity index (χ0) is 41.6. The van der Waals surface area contributed by atoms with Crippen LogP contribution in [0.4, 0.5) is 22.7 Å². The number of hydrogen-bond acceptors (Lipinski definition) is 4. The molecule has 0 heterocycles. The fourth-order valence-corrected chi connectivity index (χ4v) is 7.07. The lowest BCUT2D eigenvalue weighted by Crippen LogP contribution is -2.41. The monoisotopic (exact) mass is 758 g/mol. The molecule has 0 aliphatic heterocycles. The average molecular weight is 759 g/mol. The predicted octanol–water partition coefficient (Wildman–Crippen LogP) is 10.7. The molecule has 56 heavy (non-hydrogen) atoms. The number of benzene rings is 4. The van der Waals surface area contributed by atoms with Gasteiger partial charge in [-0.3, -0.25) is 19.2 Å². The Kier molecular flexibility index (Phi) is 13.4. The Balaban J connectivity index is 1.83.